The standard InChI is InChI=1S/C20H23N5S2/c1-4-25-18(14-27-19-21-15(2)13-16(3)22-19)23-24-20(25)26-12-8-11-17-9-6-5-7-10-17/h5-11,13H,4,12,14H2,1-3H3. The summed E-state index contributed by atoms with van der Waals surface area (Å²) in [5.74, 6) is 2.53. The minimum absolute atomic E-state index is 0.712. The van der Waals surface area contributed by atoms with Crippen LogP contribution in [0.4, 0.5) is 0 Å². The van der Waals surface area contributed by atoms with E-state index in [4.69, 9.17) is 0 Å². The Bertz CT molecular complexity index is 886. The maximum atomic E-state index is 4.48. The third-order valence-electron chi connectivity index (χ3n) is 3.82. The van der Waals surface area contributed by atoms with E-state index in [0.29, 0.717) is 5.75 Å². The highest BCUT2D eigenvalue weighted by Gasteiger charge is 2.12. The van der Waals surface area contributed by atoms with Gasteiger partial charge in [0.2, 0.25) is 0 Å². The van der Waals surface area contributed by atoms with Crippen LogP contribution in [-0.4, -0.2) is 30.5 Å². The lowest BCUT2D eigenvalue weighted by molar-refractivity contribution is 0.659. The second-order valence-corrected chi connectivity index (χ2v) is 7.92. The van der Waals surface area contributed by atoms with Gasteiger partial charge in [-0.3, -0.25) is 0 Å². The Morgan fingerprint density at radius 2 is 1.74 bits per heavy atom. The fraction of sp³-hybridized carbons (Fsp3) is 0.300. The molecule has 27 heavy (non-hydrogen) atoms. The van der Waals surface area contributed by atoms with E-state index in [1.165, 1.54) is 5.56 Å². The highest BCUT2D eigenvalue weighted by Crippen LogP contribution is 2.23. The van der Waals surface area contributed by atoms with Crippen molar-refractivity contribution in [3.05, 3.63) is 65.2 Å². The SMILES string of the molecule is CCn1c(CSc2nc(C)cc(C)n2)nnc1SCC=Cc1ccccc1. The first-order chi connectivity index (χ1) is 13.2. The third kappa shape index (κ3) is 5.68. The van der Waals surface area contributed by atoms with Gasteiger partial charge in [-0.25, -0.2) is 9.97 Å². The Morgan fingerprint density at radius 3 is 2.44 bits per heavy atom. The first-order valence-electron chi connectivity index (χ1n) is 8.87. The summed E-state index contributed by atoms with van der Waals surface area (Å²) in [6.45, 7) is 6.95. The number of aromatic nitrogens is 5. The molecule has 0 saturated carbocycles. The molecule has 0 aliphatic heterocycles. The van der Waals surface area contributed by atoms with Gasteiger partial charge in [-0.1, -0.05) is 66.0 Å². The number of aryl methyl sites for hydroxylation is 2. The van der Waals surface area contributed by atoms with Crippen LogP contribution in [0.15, 0.2) is 52.8 Å². The quantitative estimate of drug-likeness (QED) is 0.402. The zero-order valence-corrected chi connectivity index (χ0v) is 17.4. The fourth-order valence-electron chi connectivity index (χ4n) is 2.61. The molecule has 0 bridgehead atoms. The van der Waals surface area contributed by atoms with Crippen molar-refractivity contribution in [2.75, 3.05) is 5.75 Å². The number of hydrogen-bond donors (Lipinski definition) is 0. The van der Waals surface area contributed by atoms with Crippen LogP contribution in [0, 0.1) is 13.8 Å². The van der Waals surface area contributed by atoms with E-state index in [9.17, 15) is 0 Å². The Hall–Kier alpha value is -2.12. The predicted octanol–water partition coefficient (Wildman–Crippen LogP) is 4.80. The van der Waals surface area contributed by atoms with Crippen molar-refractivity contribution in [2.24, 2.45) is 0 Å². The monoisotopic (exact) mass is 397 g/mol. The highest BCUT2D eigenvalue weighted by atomic mass is 32.2. The minimum Gasteiger partial charge on any atom is -0.306 e. The molecule has 0 aliphatic carbocycles. The Balaban J connectivity index is 1.59. The summed E-state index contributed by atoms with van der Waals surface area (Å²) in [6.07, 6.45) is 4.29. The third-order valence-corrected chi connectivity index (χ3v) is 5.58. The largest absolute Gasteiger partial charge is 0.306 e. The lowest BCUT2D eigenvalue weighted by atomic mass is 10.2. The molecule has 2 heterocycles. The minimum atomic E-state index is 0.712. The number of thioether (sulfide) groups is 2. The van der Waals surface area contributed by atoms with Gasteiger partial charge in [-0.05, 0) is 32.4 Å². The molecule has 0 fully saturated rings. The molecule has 0 N–H and O–H groups in total. The molecule has 0 saturated heterocycles. The van der Waals surface area contributed by atoms with Gasteiger partial charge in [0.1, 0.15) is 5.82 Å². The van der Waals surface area contributed by atoms with Gasteiger partial charge in [0, 0.05) is 23.7 Å². The molecule has 3 rings (SSSR count). The Morgan fingerprint density at radius 1 is 1.00 bits per heavy atom. The molecule has 2 aromatic heterocycles. The number of hydrogen-bond acceptors (Lipinski definition) is 6. The Kier molecular flexibility index (Phi) is 7.06. The molecule has 0 amide bonds. The average molecular weight is 398 g/mol. The molecular weight excluding hydrogens is 374 g/mol. The van der Waals surface area contributed by atoms with Crippen molar-refractivity contribution in [1.29, 1.82) is 0 Å². The van der Waals surface area contributed by atoms with Crippen LogP contribution < -0.4 is 0 Å². The van der Waals surface area contributed by atoms with Crippen LogP contribution in [0.1, 0.15) is 29.7 Å². The van der Waals surface area contributed by atoms with Crippen molar-refractivity contribution in [3.8, 4) is 0 Å². The van der Waals surface area contributed by atoms with Gasteiger partial charge >= 0.3 is 0 Å². The molecule has 0 atom stereocenters. The van der Waals surface area contributed by atoms with E-state index in [2.05, 4.69) is 55.9 Å². The smallest absolute Gasteiger partial charge is 0.191 e. The van der Waals surface area contributed by atoms with Crippen LogP contribution in [0.3, 0.4) is 0 Å². The van der Waals surface area contributed by atoms with Crippen LogP contribution in [-0.2, 0) is 12.3 Å². The van der Waals surface area contributed by atoms with Crippen molar-refractivity contribution >= 4 is 29.6 Å². The van der Waals surface area contributed by atoms with E-state index < -0.39 is 0 Å². The van der Waals surface area contributed by atoms with E-state index in [1.54, 1.807) is 23.5 Å². The summed E-state index contributed by atoms with van der Waals surface area (Å²) in [5.41, 5.74) is 3.19. The van der Waals surface area contributed by atoms with E-state index >= 15 is 0 Å². The van der Waals surface area contributed by atoms with Crippen LogP contribution in [0.2, 0.25) is 0 Å². The number of benzene rings is 1. The van der Waals surface area contributed by atoms with Crippen LogP contribution in [0.5, 0.6) is 0 Å². The summed E-state index contributed by atoms with van der Waals surface area (Å²) in [5, 5.41) is 10.5. The van der Waals surface area contributed by atoms with Gasteiger partial charge in [-0.2, -0.15) is 0 Å². The molecule has 5 nitrogen and oxygen atoms in total. The van der Waals surface area contributed by atoms with Crippen molar-refractivity contribution in [3.63, 3.8) is 0 Å². The van der Waals surface area contributed by atoms with E-state index in [-0.39, 0.29) is 0 Å². The van der Waals surface area contributed by atoms with Crippen molar-refractivity contribution in [1.82, 2.24) is 24.7 Å². The predicted molar refractivity (Wildman–Crippen MR) is 113 cm³/mol. The summed E-state index contributed by atoms with van der Waals surface area (Å²) in [6, 6.07) is 12.3. The van der Waals surface area contributed by atoms with Gasteiger partial charge in [0.25, 0.3) is 0 Å². The van der Waals surface area contributed by atoms with Crippen LogP contribution in [0.25, 0.3) is 6.08 Å². The summed E-state index contributed by atoms with van der Waals surface area (Å²) in [7, 11) is 0. The average Bonchev–Trinajstić information content (AvgIpc) is 3.05. The maximum absolute atomic E-state index is 4.48. The zero-order valence-electron chi connectivity index (χ0n) is 15.8. The highest BCUT2D eigenvalue weighted by molar-refractivity contribution is 7.99. The maximum Gasteiger partial charge on any atom is 0.191 e. The van der Waals surface area contributed by atoms with Crippen molar-refractivity contribution in [2.45, 2.75) is 43.4 Å². The van der Waals surface area contributed by atoms with Gasteiger partial charge in [0.15, 0.2) is 10.3 Å². The second kappa shape index (κ2) is 9.71. The zero-order chi connectivity index (χ0) is 19.1. The van der Waals surface area contributed by atoms with Crippen molar-refractivity contribution < 1.29 is 0 Å². The van der Waals surface area contributed by atoms with E-state index in [1.807, 2.05) is 38.1 Å². The molecule has 0 spiro atoms. The van der Waals surface area contributed by atoms with E-state index in [0.717, 1.165) is 39.8 Å². The summed E-state index contributed by atoms with van der Waals surface area (Å²) >= 11 is 3.30. The molecule has 0 radical (unpaired) electrons. The van der Waals surface area contributed by atoms with Gasteiger partial charge in [-0.15, -0.1) is 10.2 Å². The Labute approximate surface area is 168 Å². The van der Waals surface area contributed by atoms with Gasteiger partial charge < -0.3 is 4.57 Å². The normalized spacial score (nSPS) is 11.4. The van der Waals surface area contributed by atoms with Gasteiger partial charge in [0.05, 0.1) is 5.75 Å². The molecule has 7 heteroatoms. The fourth-order valence-corrected chi connectivity index (χ4v) is 4.33. The second-order valence-electron chi connectivity index (χ2n) is 5.99. The number of nitrogens with zero attached hydrogens (tertiary/aromatic N) is 5. The topological polar surface area (TPSA) is 56.5 Å². The number of rotatable bonds is 8. The molecule has 0 aliphatic rings. The summed E-state index contributed by atoms with van der Waals surface area (Å²) < 4.78 is 2.16. The lowest BCUT2D eigenvalue weighted by Crippen LogP contribution is -2.03. The summed E-state index contributed by atoms with van der Waals surface area (Å²) in [4.78, 5) is 8.96. The van der Waals surface area contributed by atoms with Crippen LogP contribution >= 0.6 is 23.5 Å². The first kappa shape index (κ1) is 19.6. The molecular formula is C20H23N5S2. The molecule has 3 aromatic rings. The molecule has 0 unspecified atom stereocenters. The molecule has 1 aromatic carbocycles. The molecule has 140 valence electrons. The lowest BCUT2D eigenvalue weighted by Gasteiger charge is -2.06. The first-order valence-corrected chi connectivity index (χ1v) is 10.8.